The minimum Gasteiger partial charge on any atom is -0.479 e. The Labute approximate surface area is 81.7 Å². The molecular formula is C9H13NO4. The molecule has 14 heavy (non-hydrogen) atoms. The lowest BCUT2D eigenvalue weighted by Crippen LogP contribution is -2.34. The summed E-state index contributed by atoms with van der Waals surface area (Å²) in [5.74, 6) is -0.451. The van der Waals surface area contributed by atoms with Gasteiger partial charge in [0.1, 0.15) is 5.76 Å². The van der Waals surface area contributed by atoms with Crippen molar-refractivity contribution >= 4 is 5.97 Å². The maximum absolute atomic E-state index is 10.9. The molecule has 1 heterocycles. The number of rotatable bonds is 3. The largest absolute Gasteiger partial charge is 0.479 e. The van der Waals surface area contributed by atoms with Crippen LogP contribution in [0, 0.1) is 13.8 Å². The molecule has 0 aliphatic rings. The highest BCUT2D eigenvalue weighted by Gasteiger charge is 2.40. The van der Waals surface area contributed by atoms with Crippen LogP contribution < -0.4 is 0 Å². The number of hydrogen-bond donors (Lipinski definition) is 1. The summed E-state index contributed by atoms with van der Waals surface area (Å²) in [5.41, 5.74) is -0.844. The Morgan fingerprint density at radius 1 is 1.57 bits per heavy atom. The van der Waals surface area contributed by atoms with Crippen LogP contribution in [0.2, 0.25) is 0 Å². The number of carboxylic acid groups (broad SMARTS) is 1. The van der Waals surface area contributed by atoms with Crippen molar-refractivity contribution in [2.24, 2.45) is 0 Å². The number of carbonyl (C=O) groups is 1. The molecule has 0 radical (unpaired) electrons. The molecule has 0 saturated heterocycles. The third-order valence-corrected chi connectivity index (χ3v) is 2.25. The van der Waals surface area contributed by atoms with Crippen LogP contribution in [0.25, 0.3) is 0 Å². The highest BCUT2D eigenvalue weighted by atomic mass is 16.5. The number of aliphatic carboxylic acids is 1. The number of aryl methyl sites for hydroxylation is 2. The Hall–Kier alpha value is -1.36. The molecular weight excluding hydrogens is 186 g/mol. The van der Waals surface area contributed by atoms with Crippen molar-refractivity contribution < 1.29 is 19.1 Å². The van der Waals surface area contributed by atoms with Crippen LogP contribution in [0.4, 0.5) is 0 Å². The fourth-order valence-electron chi connectivity index (χ4n) is 0.943. The third-order valence-electron chi connectivity index (χ3n) is 2.25. The molecule has 0 aliphatic carbocycles. The fourth-order valence-corrected chi connectivity index (χ4v) is 0.943. The number of aromatic nitrogens is 1. The maximum atomic E-state index is 10.9. The summed E-state index contributed by atoms with van der Waals surface area (Å²) < 4.78 is 10.1. The predicted molar refractivity (Wildman–Crippen MR) is 48.0 cm³/mol. The number of oxazole rings is 1. The molecule has 0 bridgehead atoms. The minimum absolute atomic E-state index is 0.0718. The summed E-state index contributed by atoms with van der Waals surface area (Å²) >= 11 is 0. The van der Waals surface area contributed by atoms with Gasteiger partial charge in [-0.25, -0.2) is 9.78 Å². The van der Waals surface area contributed by atoms with E-state index in [-0.39, 0.29) is 5.89 Å². The van der Waals surface area contributed by atoms with Crippen molar-refractivity contribution in [2.75, 3.05) is 7.11 Å². The molecule has 1 unspecified atom stereocenters. The zero-order valence-electron chi connectivity index (χ0n) is 8.62. The molecule has 1 N–H and O–H groups in total. The van der Waals surface area contributed by atoms with Crippen molar-refractivity contribution in [3.05, 3.63) is 17.3 Å². The quantitative estimate of drug-likeness (QED) is 0.792. The molecule has 0 fully saturated rings. The lowest BCUT2D eigenvalue weighted by molar-refractivity contribution is -0.164. The molecule has 1 aromatic heterocycles. The summed E-state index contributed by atoms with van der Waals surface area (Å²) in [5, 5.41) is 8.96. The van der Waals surface area contributed by atoms with Gasteiger partial charge in [-0.3, -0.25) is 0 Å². The van der Waals surface area contributed by atoms with Crippen molar-refractivity contribution in [1.82, 2.24) is 4.98 Å². The van der Waals surface area contributed by atoms with E-state index >= 15 is 0 Å². The van der Waals surface area contributed by atoms with Gasteiger partial charge in [-0.2, -0.15) is 0 Å². The Balaban J connectivity index is 3.19. The van der Waals surface area contributed by atoms with E-state index in [0.717, 1.165) is 0 Å². The predicted octanol–water partition coefficient (Wildman–Crippen LogP) is 1.24. The zero-order chi connectivity index (χ0) is 10.9. The van der Waals surface area contributed by atoms with E-state index in [4.69, 9.17) is 14.3 Å². The molecule has 1 atom stereocenters. The van der Waals surface area contributed by atoms with Gasteiger partial charge in [-0.15, -0.1) is 0 Å². The number of ether oxygens (including phenoxy) is 1. The van der Waals surface area contributed by atoms with Crippen LogP contribution in [0.5, 0.6) is 0 Å². The third kappa shape index (κ3) is 1.50. The Kier molecular flexibility index (Phi) is 2.62. The van der Waals surface area contributed by atoms with Crippen LogP contribution >= 0.6 is 0 Å². The molecule has 78 valence electrons. The SMILES string of the molecule is COC(C)(C(=O)O)c1nc(C)c(C)o1. The first-order valence-electron chi connectivity index (χ1n) is 4.15. The summed E-state index contributed by atoms with van der Waals surface area (Å²) in [7, 11) is 1.31. The van der Waals surface area contributed by atoms with E-state index in [0.29, 0.717) is 11.5 Å². The monoisotopic (exact) mass is 199 g/mol. The smallest absolute Gasteiger partial charge is 0.345 e. The van der Waals surface area contributed by atoms with Gasteiger partial charge >= 0.3 is 5.97 Å². The minimum atomic E-state index is -1.51. The first kappa shape index (κ1) is 10.7. The van der Waals surface area contributed by atoms with Gasteiger partial charge < -0.3 is 14.3 Å². The van der Waals surface area contributed by atoms with Crippen molar-refractivity contribution in [3.63, 3.8) is 0 Å². The van der Waals surface area contributed by atoms with Gasteiger partial charge in [-0.05, 0) is 20.8 Å². The van der Waals surface area contributed by atoms with Gasteiger partial charge in [0.15, 0.2) is 0 Å². The average molecular weight is 199 g/mol. The summed E-state index contributed by atoms with van der Waals surface area (Å²) in [6.45, 7) is 4.88. The first-order valence-corrected chi connectivity index (χ1v) is 4.15. The fraction of sp³-hybridized carbons (Fsp3) is 0.556. The van der Waals surface area contributed by atoms with Gasteiger partial charge in [0.25, 0.3) is 0 Å². The molecule has 0 aliphatic heterocycles. The zero-order valence-corrected chi connectivity index (χ0v) is 8.62. The first-order chi connectivity index (χ1) is 6.41. The second-order valence-corrected chi connectivity index (χ2v) is 3.20. The molecule has 5 heteroatoms. The molecule has 1 aromatic rings. The van der Waals surface area contributed by atoms with Crippen molar-refractivity contribution in [2.45, 2.75) is 26.4 Å². The number of hydrogen-bond acceptors (Lipinski definition) is 4. The Morgan fingerprint density at radius 2 is 2.14 bits per heavy atom. The molecule has 0 saturated carbocycles. The van der Waals surface area contributed by atoms with E-state index < -0.39 is 11.6 Å². The van der Waals surface area contributed by atoms with E-state index in [1.807, 2.05) is 0 Å². The van der Waals surface area contributed by atoms with Crippen LogP contribution in [0.3, 0.4) is 0 Å². The molecule has 1 rings (SSSR count). The average Bonchev–Trinajstić information content (AvgIpc) is 2.45. The standard InChI is InChI=1S/C9H13NO4/c1-5-6(2)14-7(10-5)9(3,13-4)8(11)12/h1-4H3,(H,11,12). The lowest BCUT2D eigenvalue weighted by atomic mass is 10.1. The van der Waals surface area contributed by atoms with Crippen LogP contribution in [-0.4, -0.2) is 23.2 Å². The van der Waals surface area contributed by atoms with Crippen LogP contribution in [-0.2, 0) is 15.1 Å². The summed E-state index contributed by atoms with van der Waals surface area (Å²) in [6, 6.07) is 0. The maximum Gasteiger partial charge on any atom is 0.345 e. The van der Waals surface area contributed by atoms with Gasteiger partial charge in [0, 0.05) is 7.11 Å². The van der Waals surface area contributed by atoms with Crippen molar-refractivity contribution in [3.8, 4) is 0 Å². The molecule has 0 aromatic carbocycles. The normalized spacial score (nSPS) is 15.1. The van der Waals surface area contributed by atoms with Gasteiger partial charge in [0.05, 0.1) is 5.69 Å². The molecule has 0 amide bonds. The summed E-state index contributed by atoms with van der Waals surface area (Å²) in [6.07, 6.45) is 0. The van der Waals surface area contributed by atoms with Crippen LogP contribution in [0.15, 0.2) is 4.42 Å². The second-order valence-electron chi connectivity index (χ2n) is 3.20. The number of methoxy groups -OCH3 is 1. The summed E-state index contributed by atoms with van der Waals surface area (Å²) in [4.78, 5) is 15.0. The lowest BCUT2D eigenvalue weighted by Gasteiger charge is -2.18. The Morgan fingerprint density at radius 3 is 2.43 bits per heavy atom. The van der Waals surface area contributed by atoms with E-state index in [9.17, 15) is 4.79 Å². The number of carboxylic acids is 1. The highest BCUT2D eigenvalue weighted by Crippen LogP contribution is 2.25. The van der Waals surface area contributed by atoms with E-state index in [2.05, 4.69) is 4.98 Å². The highest BCUT2D eigenvalue weighted by molar-refractivity contribution is 5.77. The van der Waals surface area contributed by atoms with Gasteiger partial charge in [0.2, 0.25) is 11.5 Å². The van der Waals surface area contributed by atoms with E-state index in [1.54, 1.807) is 13.8 Å². The van der Waals surface area contributed by atoms with Crippen LogP contribution in [0.1, 0.15) is 24.3 Å². The van der Waals surface area contributed by atoms with E-state index in [1.165, 1.54) is 14.0 Å². The Bertz CT molecular complexity index is 338. The molecule has 5 nitrogen and oxygen atoms in total. The van der Waals surface area contributed by atoms with Crippen molar-refractivity contribution in [1.29, 1.82) is 0 Å². The molecule has 0 spiro atoms. The second kappa shape index (κ2) is 3.42. The topological polar surface area (TPSA) is 72.6 Å². The van der Waals surface area contributed by atoms with Gasteiger partial charge in [-0.1, -0.05) is 0 Å². The number of nitrogens with zero attached hydrogens (tertiary/aromatic N) is 1.